The van der Waals surface area contributed by atoms with E-state index in [-0.39, 0.29) is 29.4 Å². The molecule has 162 valence electrons. The number of hydrogen-bond donors (Lipinski definition) is 2. The molecule has 1 aromatic carbocycles. The van der Waals surface area contributed by atoms with Crippen LogP contribution in [0.3, 0.4) is 0 Å². The monoisotopic (exact) mass is 516 g/mol. The Morgan fingerprint density at radius 3 is 2.59 bits per heavy atom. The Morgan fingerprint density at radius 1 is 1.21 bits per heavy atom. The van der Waals surface area contributed by atoms with Gasteiger partial charge in [-0.3, -0.25) is 0 Å². The summed E-state index contributed by atoms with van der Waals surface area (Å²) >= 11 is 0. The van der Waals surface area contributed by atoms with Gasteiger partial charge >= 0.3 is 0 Å². The molecule has 0 aliphatic carbocycles. The third-order valence-corrected chi connectivity index (χ3v) is 4.71. The molecule has 1 aromatic heterocycles. The van der Waals surface area contributed by atoms with Crippen LogP contribution in [0.15, 0.2) is 29.3 Å². The third-order valence-electron chi connectivity index (χ3n) is 4.71. The summed E-state index contributed by atoms with van der Waals surface area (Å²) in [5, 5.41) is 15.0. The Bertz CT molecular complexity index is 791. The van der Waals surface area contributed by atoms with E-state index in [4.69, 9.17) is 9.47 Å². The van der Waals surface area contributed by atoms with Crippen molar-refractivity contribution in [2.75, 3.05) is 33.9 Å². The van der Waals surface area contributed by atoms with E-state index in [9.17, 15) is 0 Å². The molecular weight excluding hydrogens is 483 g/mol. The number of nitrogens with one attached hydrogen (secondary N) is 2. The van der Waals surface area contributed by atoms with Crippen molar-refractivity contribution >= 4 is 29.9 Å². The highest BCUT2D eigenvalue weighted by atomic mass is 127. The first kappa shape index (κ1) is 25.2. The highest BCUT2D eigenvalue weighted by Gasteiger charge is 2.21. The number of rotatable bonds is 9. The molecule has 0 spiro atoms. The lowest BCUT2D eigenvalue weighted by Gasteiger charge is -2.27. The maximum absolute atomic E-state index is 5.36. The fourth-order valence-corrected chi connectivity index (χ4v) is 2.64. The SMILES string of the molecule is COCCNC(=NCc1nnc(C)n1C)NCC(C)(C)c1cccc(OC)c1.I. The van der Waals surface area contributed by atoms with Gasteiger partial charge in [0, 0.05) is 32.7 Å². The molecule has 0 unspecified atom stereocenters. The summed E-state index contributed by atoms with van der Waals surface area (Å²) in [7, 11) is 5.31. The lowest BCUT2D eigenvalue weighted by Crippen LogP contribution is -2.44. The Kier molecular flexibility index (Phi) is 10.4. The zero-order valence-electron chi connectivity index (χ0n) is 18.2. The van der Waals surface area contributed by atoms with E-state index < -0.39 is 0 Å². The third kappa shape index (κ3) is 7.46. The fourth-order valence-electron chi connectivity index (χ4n) is 2.64. The van der Waals surface area contributed by atoms with Gasteiger partial charge in [-0.25, -0.2) is 4.99 Å². The molecule has 0 fully saturated rings. The van der Waals surface area contributed by atoms with Crippen molar-refractivity contribution in [1.82, 2.24) is 25.4 Å². The summed E-state index contributed by atoms with van der Waals surface area (Å²) in [5.74, 6) is 3.26. The highest BCUT2D eigenvalue weighted by Crippen LogP contribution is 2.25. The van der Waals surface area contributed by atoms with Crippen LogP contribution in [-0.2, 0) is 23.7 Å². The lowest BCUT2D eigenvalue weighted by atomic mass is 9.84. The van der Waals surface area contributed by atoms with E-state index in [1.807, 2.05) is 30.7 Å². The summed E-state index contributed by atoms with van der Waals surface area (Å²) < 4.78 is 12.4. The average molecular weight is 516 g/mol. The second-order valence-corrected chi connectivity index (χ2v) is 7.28. The van der Waals surface area contributed by atoms with Crippen LogP contribution in [-0.4, -0.2) is 54.6 Å². The maximum atomic E-state index is 5.36. The molecule has 0 saturated heterocycles. The molecule has 9 heteroatoms. The van der Waals surface area contributed by atoms with E-state index in [1.54, 1.807) is 14.2 Å². The number of aryl methyl sites for hydroxylation is 1. The van der Waals surface area contributed by atoms with Crippen molar-refractivity contribution < 1.29 is 9.47 Å². The number of ether oxygens (including phenoxy) is 2. The molecule has 0 aliphatic rings. The molecule has 0 amide bonds. The van der Waals surface area contributed by atoms with Crippen LogP contribution in [0.2, 0.25) is 0 Å². The van der Waals surface area contributed by atoms with Gasteiger partial charge < -0.3 is 24.7 Å². The molecule has 0 saturated carbocycles. The molecule has 0 radical (unpaired) electrons. The number of guanidine groups is 1. The van der Waals surface area contributed by atoms with Crippen molar-refractivity contribution in [3.63, 3.8) is 0 Å². The van der Waals surface area contributed by atoms with Crippen LogP contribution in [0, 0.1) is 6.92 Å². The van der Waals surface area contributed by atoms with E-state index in [0.717, 1.165) is 17.4 Å². The van der Waals surface area contributed by atoms with Crippen LogP contribution < -0.4 is 15.4 Å². The summed E-state index contributed by atoms with van der Waals surface area (Å²) in [6.45, 7) is 8.72. The minimum Gasteiger partial charge on any atom is -0.497 e. The predicted molar refractivity (Wildman–Crippen MR) is 126 cm³/mol. The van der Waals surface area contributed by atoms with E-state index in [1.165, 1.54) is 5.56 Å². The number of aliphatic imine (C=N–C) groups is 1. The van der Waals surface area contributed by atoms with Crippen molar-refractivity contribution in [1.29, 1.82) is 0 Å². The molecule has 0 bridgehead atoms. The molecule has 29 heavy (non-hydrogen) atoms. The Balaban J connectivity index is 0.00000420. The molecular formula is C20H33IN6O2. The topological polar surface area (TPSA) is 85.6 Å². The van der Waals surface area contributed by atoms with E-state index in [2.05, 4.69) is 51.8 Å². The smallest absolute Gasteiger partial charge is 0.191 e. The van der Waals surface area contributed by atoms with E-state index in [0.29, 0.717) is 32.2 Å². The first-order chi connectivity index (χ1) is 13.4. The first-order valence-electron chi connectivity index (χ1n) is 9.38. The number of aromatic nitrogens is 3. The van der Waals surface area contributed by atoms with Gasteiger partial charge in [-0.05, 0) is 24.6 Å². The number of benzene rings is 1. The van der Waals surface area contributed by atoms with Crippen molar-refractivity contribution in [3.8, 4) is 5.75 Å². The molecule has 2 N–H and O–H groups in total. The normalized spacial score (nSPS) is 11.7. The summed E-state index contributed by atoms with van der Waals surface area (Å²) in [5.41, 5.74) is 1.08. The van der Waals surface area contributed by atoms with Crippen LogP contribution in [0.4, 0.5) is 0 Å². The largest absolute Gasteiger partial charge is 0.497 e. The van der Waals surface area contributed by atoms with Gasteiger partial charge in [-0.2, -0.15) is 0 Å². The standard InChI is InChI=1S/C20H32N6O2.HI/c1-15-24-25-18(26(15)4)13-22-19(21-10-11-27-5)23-14-20(2,3)16-8-7-9-17(12-16)28-6;/h7-9,12H,10-11,13-14H2,1-6H3,(H2,21,22,23);1H. The Hall–Kier alpha value is -1.88. The Morgan fingerprint density at radius 2 is 1.97 bits per heavy atom. The van der Waals surface area contributed by atoms with Crippen LogP contribution in [0.25, 0.3) is 0 Å². The Labute approximate surface area is 190 Å². The van der Waals surface area contributed by atoms with E-state index >= 15 is 0 Å². The molecule has 8 nitrogen and oxygen atoms in total. The molecule has 0 atom stereocenters. The first-order valence-corrected chi connectivity index (χ1v) is 9.38. The van der Waals surface area contributed by atoms with Crippen molar-refractivity contribution in [2.45, 2.75) is 32.7 Å². The quantitative estimate of drug-likeness (QED) is 0.231. The fraction of sp³-hybridized carbons (Fsp3) is 0.550. The lowest BCUT2D eigenvalue weighted by molar-refractivity contribution is 0.203. The molecule has 0 aliphatic heterocycles. The summed E-state index contributed by atoms with van der Waals surface area (Å²) in [6, 6.07) is 8.15. The number of hydrogen-bond acceptors (Lipinski definition) is 5. The van der Waals surface area contributed by atoms with Crippen LogP contribution in [0.1, 0.15) is 31.1 Å². The van der Waals surface area contributed by atoms with Crippen molar-refractivity contribution in [3.05, 3.63) is 41.5 Å². The predicted octanol–water partition coefficient (Wildman–Crippen LogP) is 2.41. The van der Waals surface area contributed by atoms with Gasteiger partial charge in [-0.15, -0.1) is 34.2 Å². The second-order valence-electron chi connectivity index (χ2n) is 7.28. The average Bonchev–Trinajstić information content (AvgIpc) is 3.02. The van der Waals surface area contributed by atoms with Crippen LogP contribution in [0.5, 0.6) is 5.75 Å². The minimum absolute atomic E-state index is 0. The number of halogens is 1. The van der Waals surface area contributed by atoms with Crippen molar-refractivity contribution in [2.24, 2.45) is 12.0 Å². The van der Waals surface area contributed by atoms with Gasteiger partial charge in [0.15, 0.2) is 11.8 Å². The number of methoxy groups -OCH3 is 2. The number of nitrogens with zero attached hydrogens (tertiary/aromatic N) is 4. The zero-order chi connectivity index (χ0) is 20.6. The van der Waals surface area contributed by atoms with Gasteiger partial charge in [0.25, 0.3) is 0 Å². The molecule has 2 aromatic rings. The highest BCUT2D eigenvalue weighted by molar-refractivity contribution is 14.0. The zero-order valence-corrected chi connectivity index (χ0v) is 20.5. The second kappa shape index (κ2) is 12.0. The van der Waals surface area contributed by atoms with Gasteiger partial charge in [-0.1, -0.05) is 26.0 Å². The minimum atomic E-state index is -0.111. The van der Waals surface area contributed by atoms with Gasteiger partial charge in [0.1, 0.15) is 18.1 Å². The van der Waals surface area contributed by atoms with Gasteiger partial charge in [0.05, 0.1) is 13.7 Å². The molecule has 2 rings (SSSR count). The summed E-state index contributed by atoms with van der Waals surface area (Å²) in [6.07, 6.45) is 0. The molecule has 1 heterocycles. The van der Waals surface area contributed by atoms with Crippen LogP contribution >= 0.6 is 24.0 Å². The van der Waals surface area contributed by atoms with Gasteiger partial charge in [0.2, 0.25) is 0 Å². The summed E-state index contributed by atoms with van der Waals surface area (Å²) in [4.78, 5) is 4.66. The maximum Gasteiger partial charge on any atom is 0.191 e.